The highest BCUT2D eigenvalue weighted by Crippen LogP contribution is 2.48. The number of ether oxygens (including phenoxy) is 10. The fraction of sp³-hybridized carbons (Fsp3) is 0.585. The van der Waals surface area contributed by atoms with Gasteiger partial charge in [0.15, 0.2) is 24.2 Å². The van der Waals surface area contributed by atoms with Gasteiger partial charge in [-0.25, -0.2) is 9.67 Å². The minimum atomic E-state index is -1.84. The predicted molar refractivity (Wildman–Crippen MR) is 344 cm³/mol. The third kappa shape index (κ3) is 15.7. The lowest BCUT2D eigenvalue weighted by molar-refractivity contribution is -0.318. The molecule has 5 N–H and O–H groups in total. The standard InChI is InChI=1S/C48H72O14.C17H10BrCl4N5O2/c1-11-25(2)43-28(5)17-18-47(62-43)23-34-20-33(61-47)16-15-27(4)42(26(3)13-12-14-32-24-55-45-40(49)29(6)19-35(46(51)58-34)48(32,45)52)59-39-22-37(54-10)44(31(8)57-39)60-38-21-36(53-9)41(50)30(7)56-38;1-23-16(28)9-2-7(19)3-10(21)14(9)25-17(29)12-5-13(18)26-27(12)15-11(22)4-8(20)6-24-15/h12-15,17-19,25-26,28,30-31,33-45,49-50,52H,11,16,20-24H2,1-10H3;2-6H,1H3,(H,23,28)(H,25,29)/b13-12+,27-15+,32-14+;/t25-,26-,28-,30-,31-,33+,34-,35-,36-,37-,38-,39-,40+,41-,42-,43+,44-,45+,47+,48+;/m0./s1. The lowest BCUT2D eigenvalue weighted by Crippen LogP contribution is -2.58. The largest absolute Gasteiger partial charge is 0.462 e. The Morgan fingerprint density at radius 3 is 2.29 bits per heavy atom. The number of aliphatic hydroxyl groups is 3. The van der Waals surface area contributed by atoms with Crippen molar-refractivity contribution in [3.63, 3.8) is 0 Å². The Balaban J connectivity index is 0.000000282. The Hall–Kier alpha value is -4.15. The molecule has 2 amide bonds. The summed E-state index contributed by atoms with van der Waals surface area (Å²) in [4.78, 5) is 43.6. The van der Waals surface area contributed by atoms with E-state index >= 15 is 0 Å². The van der Waals surface area contributed by atoms with Crippen molar-refractivity contribution in [2.45, 2.75) is 191 Å². The minimum Gasteiger partial charge on any atom is -0.462 e. The summed E-state index contributed by atoms with van der Waals surface area (Å²) in [5, 5.41) is 44.4. The Kier molecular flexibility index (Phi) is 23.7. The lowest BCUT2D eigenvalue weighted by atomic mass is 9.71. The molecule has 498 valence electrons. The van der Waals surface area contributed by atoms with Gasteiger partial charge in [0, 0.05) is 76.1 Å². The van der Waals surface area contributed by atoms with E-state index in [1.54, 1.807) is 40.2 Å². The van der Waals surface area contributed by atoms with Gasteiger partial charge in [0.2, 0.25) is 0 Å². The van der Waals surface area contributed by atoms with Gasteiger partial charge in [-0.05, 0) is 97.0 Å². The third-order valence-corrected chi connectivity index (χ3v) is 19.6. The van der Waals surface area contributed by atoms with Gasteiger partial charge in [0.05, 0.1) is 75.7 Å². The molecule has 6 aliphatic heterocycles. The van der Waals surface area contributed by atoms with Crippen LogP contribution in [0.3, 0.4) is 0 Å². The smallest absolute Gasteiger partial charge is 0.316 e. The number of hydrogen-bond donors (Lipinski definition) is 5. The third-order valence-electron chi connectivity index (χ3n) is 18.2. The summed E-state index contributed by atoms with van der Waals surface area (Å²) in [6.45, 7) is 16.1. The maximum Gasteiger partial charge on any atom is 0.316 e. The van der Waals surface area contributed by atoms with Gasteiger partial charge >= 0.3 is 5.97 Å². The Bertz CT molecular complexity index is 3300. The second-order valence-corrected chi connectivity index (χ2v) is 27.0. The number of methoxy groups -OCH3 is 2. The molecule has 1 aliphatic carbocycles. The summed E-state index contributed by atoms with van der Waals surface area (Å²) >= 11 is 27.5. The van der Waals surface area contributed by atoms with Gasteiger partial charge in [-0.15, -0.1) is 0 Å². The summed E-state index contributed by atoms with van der Waals surface area (Å²) in [5.41, 5.74) is 0.419. The van der Waals surface area contributed by atoms with Crippen molar-refractivity contribution in [2.75, 3.05) is 33.2 Å². The van der Waals surface area contributed by atoms with E-state index in [2.05, 4.69) is 76.5 Å². The van der Waals surface area contributed by atoms with Crippen molar-refractivity contribution in [1.82, 2.24) is 20.1 Å². The maximum absolute atomic E-state index is 14.3. The number of carbonyl (C=O) groups excluding carboxylic acids is 3. The molecule has 26 heteroatoms. The first kappa shape index (κ1) is 71.2. The maximum atomic E-state index is 14.3. The monoisotopic (exact) mass is 1410 g/mol. The number of allylic oxidation sites excluding steroid dienone is 2. The van der Waals surface area contributed by atoms with E-state index in [0.717, 1.165) is 12.0 Å². The number of pyridine rings is 1. The number of rotatable bonds is 12. The fourth-order valence-corrected chi connectivity index (χ4v) is 14.4. The van der Waals surface area contributed by atoms with E-state index in [9.17, 15) is 29.7 Å². The average molecular weight is 1410 g/mol. The zero-order chi connectivity index (χ0) is 66.0. The molecule has 2 bridgehead atoms. The topological polar surface area (TPSA) is 259 Å². The van der Waals surface area contributed by atoms with E-state index in [1.165, 1.54) is 42.2 Å². The molecule has 1 spiro atoms. The van der Waals surface area contributed by atoms with Crippen molar-refractivity contribution in [2.24, 2.45) is 23.7 Å². The predicted octanol–water partition coefficient (Wildman–Crippen LogP) is 10.6. The fourth-order valence-electron chi connectivity index (χ4n) is 13.0. The van der Waals surface area contributed by atoms with Gasteiger partial charge in [-0.1, -0.05) is 117 Å². The van der Waals surface area contributed by atoms with Gasteiger partial charge < -0.3 is 73.3 Å². The van der Waals surface area contributed by atoms with E-state index in [-0.39, 0.29) is 80.5 Å². The second-order valence-electron chi connectivity index (χ2n) is 24.5. The van der Waals surface area contributed by atoms with Crippen molar-refractivity contribution < 1.29 is 77.1 Å². The Morgan fingerprint density at radius 1 is 0.879 bits per heavy atom. The first-order valence-corrected chi connectivity index (χ1v) is 33.0. The number of carbonyl (C=O) groups is 3. The highest BCUT2D eigenvalue weighted by Gasteiger charge is 2.60. The highest BCUT2D eigenvalue weighted by atomic mass is 79.9. The molecule has 91 heavy (non-hydrogen) atoms. The Morgan fingerprint density at radius 2 is 1.58 bits per heavy atom. The molecular formula is C65H82BrCl4N5O16. The zero-order valence-electron chi connectivity index (χ0n) is 52.7. The molecule has 7 aliphatic rings. The summed E-state index contributed by atoms with van der Waals surface area (Å²) in [6, 6.07) is 5.75. The number of benzene rings is 1. The van der Waals surface area contributed by atoms with Crippen LogP contribution in [0.25, 0.3) is 5.82 Å². The van der Waals surface area contributed by atoms with Gasteiger partial charge in [0.1, 0.15) is 52.3 Å². The van der Waals surface area contributed by atoms with Crippen LogP contribution >= 0.6 is 62.3 Å². The van der Waals surface area contributed by atoms with Crippen LogP contribution < -0.4 is 10.6 Å². The van der Waals surface area contributed by atoms with E-state index in [4.69, 9.17) is 93.8 Å². The van der Waals surface area contributed by atoms with Gasteiger partial charge in [-0.2, -0.15) is 5.10 Å². The molecule has 4 saturated heterocycles. The molecular weight excluding hydrogens is 1330 g/mol. The van der Waals surface area contributed by atoms with Crippen molar-refractivity contribution >= 4 is 85.8 Å². The second kappa shape index (κ2) is 30.3. The molecule has 2 aromatic heterocycles. The molecule has 4 fully saturated rings. The van der Waals surface area contributed by atoms with Crippen LogP contribution in [-0.2, 0) is 52.2 Å². The number of amides is 2. The first-order valence-electron chi connectivity index (χ1n) is 30.7. The summed E-state index contributed by atoms with van der Waals surface area (Å²) in [7, 11) is 4.67. The van der Waals surface area contributed by atoms with Crippen LogP contribution in [0.5, 0.6) is 0 Å². The van der Waals surface area contributed by atoms with Crippen LogP contribution in [0.1, 0.15) is 115 Å². The number of nitrogens with one attached hydrogen (secondary N) is 2. The summed E-state index contributed by atoms with van der Waals surface area (Å²) in [6.07, 6.45) is 9.92. The molecule has 1 aromatic carbocycles. The molecule has 0 unspecified atom stereocenters. The number of nitrogens with zero attached hydrogens (tertiary/aromatic N) is 3. The summed E-state index contributed by atoms with van der Waals surface area (Å²) in [5.74, 6) is -3.45. The first-order chi connectivity index (χ1) is 43.2. The number of fused-ring (bicyclic) bond motifs is 2. The zero-order valence-corrected chi connectivity index (χ0v) is 57.3. The molecule has 20 atom stereocenters. The molecule has 3 aromatic rings. The Labute approximate surface area is 559 Å². The molecule has 8 heterocycles. The van der Waals surface area contributed by atoms with E-state index in [1.807, 2.05) is 32.1 Å². The van der Waals surface area contributed by atoms with Crippen LogP contribution in [0.2, 0.25) is 20.1 Å². The van der Waals surface area contributed by atoms with Crippen LogP contribution in [0.15, 0.2) is 94.3 Å². The van der Waals surface area contributed by atoms with Crippen molar-refractivity contribution in [3.05, 3.63) is 126 Å². The average Bonchev–Trinajstić information content (AvgIpc) is 1.66. The van der Waals surface area contributed by atoms with Crippen LogP contribution in [-0.4, -0.2) is 173 Å². The number of anilines is 1. The number of aliphatic hydroxyl groups excluding tert-OH is 2. The summed E-state index contributed by atoms with van der Waals surface area (Å²) < 4.78 is 65.3. The lowest BCUT2D eigenvalue weighted by Gasteiger charge is -2.48. The van der Waals surface area contributed by atoms with E-state index in [0.29, 0.717) is 52.9 Å². The molecule has 0 radical (unpaired) electrons. The molecule has 10 rings (SSSR count). The number of aromatic nitrogens is 3. The highest BCUT2D eigenvalue weighted by molar-refractivity contribution is 9.10. The number of halogens is 5. The van der Waals surface area contributed by atoms with Gasteiger partial charge in [-0.3, -0.25) is 14.4 Å². The quantitative estimate of drug-likeness (QED) is 0.0834. The van der Waals surface area contributed by atoms with Gasteiger partial charge in [0.25, 0.3) is 11.8 Å². The minimum absolute atomic E-state index is 0.0317. The van der Waals surface area contributed by atoms with Crippen LogP contribution in [0, 0.1) is 23.7 Å². The van der Waals surface area contributed by atoms with Crippen LogP contribution in [0.4, 0.5) is 5.69 Å². The number of esters is 1. The molecule has 21 nitrogen and oxygen atoms in total. The molecule has 0 saturated carbocycles. The van der Waals surface area contributed by atoms with Crippen molar-refractivity contribution in [3.8, 4) is 5.82 Å². The normalized spacial score (nSPS) is 36.9. The number of hydrogen-bond acceptors (Lipinski definition) is 18. The van der Waals surface area contributed by atoms with E-state index < -0.39 is 103 Å². The SMILES string of the molecule is CC[C@H](C)[C@H]1O[C@]2(C=C[C@@H]1C)C[C@@H]1C[C@@H](C/C=C(\C)[C@@H](O[C@H]3C[C@H](OC)[C@@H](O[C@H]4C[C@H](OC)[C@@H](O)[C@H](C)O4)[C@H](C)O3)[C@@H](C)/C=C/C=C3\CO[C@@H]4[C@H](O)C(C)=C[C@@H](C(=O)O1)[C@]34O)O2.CNC(=O)c1cc(Cl)cc(Cl)c1NC(=O)c1cc(Br)nn1-c1ncc(Cl)cc1Cl. The van der Waals surface area contributed by atoms with Crippen molar-refractivity contribution in [1.29, 1.82) is 0 Å².